The van der Waals surface area contributed by atoms with E-state index in [-0.39, 0.29) is 36.4 Å². The van der Waals surface area contributed by atoms with Crippen LogP contribution in [-0.4, -0.2) is 36.7 Å². The first-order chi connectivity index (χ1) is 17.7. The number of amides is 1. The highest BCUT2D eigenvalue weighted by molar-refractivity contribution is 7.89. The molecule has 0 saturated carbocycles. The number of rotatable bonds is 7. The molecule has 2 aromatic carbocycles. The molecule has 0 spiro atoms. The maximum absolute atomic E-state index is 13.9. The normalized spacial score (nSPS) is 15.5. The number of halogens is 1. The summed E-state index contributed by atoms with van der Waals surface area (Å²) in [5.74, 6) is 0.590. The van der Waals surface area contributed by atoms with Crippen LogP contribution in [0.3, 0.4) is 0 Å². The molecule has 7 nitrogen and oxygen atoms in total. The van der Waals surface area contributed by atoms with E-state index < -0.39 is 10.0 Å². The molecule has 1 aliphatic rings. The van der Waals surface area contributed by atoms with Crippen LogP contribution in [0.5, 0.6) is 0 Å². The van der Waals surface area contributed by atoms with Crippen LogP contribution in [-0.2, 0) is 21.4 Å². The summed E-state index contributed by atoms with van der Waals surface area (Å²) in [6.07, 6.45) is 2.46. The van der Waals surface area contributed by atoms with Gasteiger partial charge in [-0.15, -0.1) is 0 Å². The van der Waals surface area contributed by atoms with Crippen molar-refractivity contribution in [1.29, 1.82) is 0 Å². The lowest BCUT2D eigenvalue weighted by Gasteiger charge is -2.32. The lowest BCUT2D eigenvalue weighted by atomic mass is 9.96. The molecule has 2 aromatic heterocycles. The minimum absolute atomic E-state index is 0.0647. The molecule has 1 aliphatic heterocycles. The minimum atomic E-state index is -3.65. The second-order valence-electron chi connectivity index (χ2n) is 9.48. The average Bonchev–Trinajstić information content (AvgIpc) is 3.56. The predicted octanol–water partition coefficient (Wildman–Crippen LogP) is 6.30. The molecule has 0 atom stereocenters. The number of carbonyl (C=O) groups excluding carboxylic acids is 1. The summed E-state index contributed by atoms with van der Waals surface area (Å²) in [7, 11) is -3.65. The van der Waals surface area contributed by atoms with Gasteiger partial charge >= 0.3 is 0 Å². The van der Waals surface area contributed by atoms with Gasteiger partial charge in [0, 0.05) is 24.0 Å². The summed E-state index contributed by atoms with van der Waals surface area (Å²) < 4.78 is 34.2. The predicted molar refractivity (Wildman–Crippen MR) is 147 cm³/mol. The van der Waals surface area contributed by atoms with E-state index in [1.807, 2.05) is 18.2 Å². The monoisotopic (exact) mass is 557 g/mol. The van der Waals surface area contributed by atoms with Gasteiger partial charge in [0.05, 0.1) is 27.9 Å². The first-order valence-electron chi connectivity index (χ1n) is 12.2. The summed E-state index contributed by atoms with van der Waals surface area (Å²) in [5.41, 5.74) is 2.06. The van der Waals surface area contributed by atoms with Crippen molar-refractivity contribution < 1.29 is 17.6 Å². The summed E-state index contributed by atoms with van der Waals surface area (Å²) >= 11 is 7.41. The van der Waals surface area contributed by atoms with E-state index in [0.29, 0.717) is 34.7 Å². The zero-order valence-electron chi connectivity index (χ0n) is 20.6. The number of nitrogens with zero attached hydrogens (tertiary/aromatic N) is 3. The fraction of sp³-hybridized carbons (Fsp3) is 0.333. The molecule has 0 aliphatic carbocycles. The highest BCUT2D eigenvalue weighted by Crippen LogP contribution is 2.36. The number of sulfonamides is 1. The molecule has 3 heterocycles. The van der Waals surface area contributed by atoms with Gasteiger partial charge in [0.25, 0.3) is 0 Å². The van der Waals surface area contributed by atoms with Crippen LogP contribution in [0, 0.1) is 5.92 Å². The van der Waals surface area contributed by atoms with E-state index in [1.54, 1.807) is 29.4 Å². The molecule has 10 heteroatoms. The Hall–Kier alpha value is -2.72. The van der Waals surface area contributed by atoms with Crippen molar-refractivity contribution in [3.05, 3.63) is 77.2 Å². The summed E-state index contributed by atoms with van der Waals surface area (Å²) in [6.45, 7) is 5.07. The lowest BCUT2D eigenvalue weighted by molar-refractivity contribution is -0.123. The van der Waals surface area contributed by atoms with Crippen LogP contribution in [0.15, 0.2) is 70.2 Å². The largest absolute Gasteiger partial charge is 0.467 e. The molecule has 194 valence electrons. The fourth-order valence-corrected chi connectivity index (χ4v) is 7.26. The number of anilines is 1. The molecule has 0 unspecified atom stereocenters. The van der Waals surface area contributed by atoms with Crippen LogP contribution >= 0.6 is 22.9 Å². The van der Waals surface area contributed by atoms with Crippen LogP contribution in [0.25, 0.3) is 10.2 Å². The maximum Gasteiger partial charge on any atom is 0.243 e. The van der Waals surface area contributed by atoms with Gasteiger partial charge in [-0.25, -0.2) is 13.4 Å². The van der Waals surface area contributed by atoms with Gasteiger partial charge in [-0.05, 0) is 66.8 Å². The number of hydrogen-bond donors (Lipinski definition) is 0. The number of fused-ring (bicyclic) bond motifs is 1. The van der Waals surface area contributed by atoms with Crippen LogP contribution in [0.2, 0.25) is 5.02 Å². The number of furan rings is 1. The van der Waals surface area contributed by atoms with Gasteiger partial charge in [-0.2, -0.15) is 4.31 Å². The molecule has 1 saturated heterocycles. The molecule has 0 bridgehead atoms. The molecular weight excluding hydrogens is 530 g/mol. The Morgan fingerprint density at radius 2 is 1.86 bits per heavy atom. The first kappa shape index (κ1) is 25.9. The number of hydrogen-bond acceptors (Lipinski definition) is 6. The minimum Gasteiger partial charge on any atom is -0.467 e. The number of aromatic nitrogens is 1. The van der Waals surface area contributed by atoms with E-state index in [4.69, 9.17) is 21.0 Å². The van der Waals surface area contributed by atoms with E-state index in [9.17, 15) is 13.2 Å². The Morgan fingerprint density at radius 1 is 1.14 bits per heavy atom. The van der Waals surface area contributed by atoms with Gasteiger partial charge in [0.1, 0.15) is 5.76 Å². The zero-order valence-corrected chi connectivity index (χ0v) is 23.0. The molecular formula is C27H28ClN3O4S2. The Morgan fingerprint density at radius 3 is 2.51 bits per heavy atom. The van der Waals surface area contributed by atoms with Crippen LogP contribution in [0.4, 0.5) is 5.13 Å². The molecule has 0 N–H and O–H groups in total. The van der Waals surface area contributed by atoms with Crippen molar-refractivity contribution in [3.63, 3.8) is 0 Å². The molecule has 5 rings (SSSR count). The van der Waals surface area contributed by atoms with Gasteiger partial charge in [-0.3, -0.25) is 9.69 Å². The third kappa shape index (κ3) is 5.31. The van der Waals surface area contributed by atoms with Gasteiger partial charge in [0.15, 0.2) is 5.13 Å². The number of thiazole rings is 1. The fourth-order valence-electron chi connectivity index (χ4n) is 4.66. The highest BCUT2D eigenvalue weighted by atomic mass is 35.5. The van der Waals surface area contributed by atoms with Crippen LogP contribution < -0.4 is 4.90 Å². The number of benzene rings is 2. The standard InChI is InChI=1S/C27H28ClN3O4S2/c1-18(2)23-6-3-7-24-25(23)29-27(36-24)31(17-21-5-4-16-35-21)26(32)19-12-14-30(15-13-19)37(33,34)22-10-8-20(28)9-11-22/h3-11,16,18-19H,12-15,17H2,1-2H3. The number of para-hydroxylation sites is 1. The summed E-state index contributed by atoms with van der Waals surface area (Å²) in [4.78, 5) is 20.7. The molecule has 37 heavy (non-hydrogen) atoms. The van der Waals surface area contributed by atoms with E-state index in [2.05, 4.69) is 19.9 Å². The summed E-state index contributed by atoms with van der Waals surface area (Å²) in [6, 6.07) is 15.9. The lowest BCUT2D eigenvalue weighted by Crippen LogP contribution is -2.44. The molecule has 0 radical (unpaired) electrons. The smallest absolute Gasteiger partial charge is 0.243 e. The van der Waals surface area contributed by atoms with Gasteiger partial charge in [0.2, 0.25) is 15.9 Å². The number of piperidine rings is 1. The third-order valence-electron chi connectivity index (χ3n) is 6.71. The van der Waals surface area contributed by atoms with Crippen molar-refractivity contribution in [2.75, 3.05) is 18.0 Å². The Labute approximate surface area is 225 Å². The van der Waals surface area contributed by atoms with Gasteiger partial charge in [-0.1, -0.05) is 48.9 Å². The maximum atomic E-state index is 13.9. The van der Waals surface area contributed by atoms with Gasteiger partial charge < -0.3 is 4.42 Å². The molecule has 1 amide bonds. The second kappa shape index (κ2) is 10.6. The number of carbonyl (C=O) groups is 1. The SMILES string of the molecule is CC(C)c1cccc2sc(N(Cc3ccco3)C(=O)C3CCN(S(=O)(=O)c4ccc(Cl)cc4)CC3)nc12. The highest BCUT2D eigenvalue weighted by Gasteiger charge is 2.35. The zero-order chi connectivity index (χ0) is 26.2. The third-order valence-corrected chi connectivity index (χ3v) is 9.91. The summed E-state index contributed by atoms with van der Waals surface area (Å²) in [5, 5.41) is 1.11. The Kier molecular flexibility index (Phi) is 7.40. The van der Waals surface area contributed by atoms with Crippen molar-refractivity contribution >= 4 is 54.2 Å². The molecule has 1 fully saturated rings. The quantitative estimate of drug-likeness (QED) is 0.266. The van der Waals surface area contributed by atoms with E-state index in [1.165, 1.54) is 27.8 Å². The van der Waals surface area contributed by atoms with E-state index in [0.717, 1.165) is 15.8 Å². The second-order valence-corrected chi connectivity index (χ2v) is 12.9. The van der Waals surface area contributed by atoms with Crippen molar-refractivity contribution in [2.24, 2.45) is 5.92 Å². The van der Waals surface area contributed by atoms with Crippen LogP contribution in [0.1, 0.15) is 43.9 Å². The topological polar surface area (TPSA) is 83.7 Å². The van der Waals surface area contributed by atoms with Crippen molar-refractivity contribution in [3.8, 4) is 0 Å². The molecule has 4 aromatic rings. The van der Waals surface area contributed by atoms with Crippen molar-refractivity contribution in [1.82, 2.24) is 9.29 Å². The Bertz CT molecular complexity index is 1490. The Balaban J connectivity index is 1.38. The first-order valence-corrected chi connectivity index (χ1v) is 14.9. The van der Waals surface area contributed by atoms with Crippen molar-refractivity contribution in [2.45, 2.75) is 44.0 Å². The van der Waals surface area contributed by atoms with E-state index >= 15 is 0 Å². The average molecular weight is 558 g/mol.